The standard InChI is InChI=1S/C16H33F.C14H29F.C12H25F.C9H17F.C7H13F.C6H11F.C6H14.C5H12/c1-10(2)14(11(3)4)16(9,17)15(12(5)6)13(7)8;1-8-12(5,9-2)14(7,15)13(6,10-3)11-4;1-6-10(7-2)12(5,13)11(8-3)9-4;1-8(2)4-6-9(3,10)7-5-8;1-7(8)5-3-2-4-6-7;1-6(7)4-2-3-5-6;1-5-6(2,3)4;1-5(2,3)4/h10-15H,1-9H3;8-11H2,1-7H3;10-11H,6-9H2,1-5H3;4-7H2,1-3H3;2-6H2,1H3;2-5H2,1H3;5H2,1-4H3;1-4H3. The van der Waals surface area contributed by atoms with E-state index in [1.54, 1.807) is 27.7 Å². The van der Waals surface area contributed by atoms with Crippen LogP contribution < -0.4 is 0 Å². The topological polar surface area (TPSA) is 0 Å². The fourth-order valence-corrected chi connectivity index (χ4v) is 13.3. The summed E-state index contributed by atoms with van der Waals surface area (Å²) in [4.78, 5) is 0. The maximum Gasteiger partial charge on any atom is 0.118 e. The van der Waals surface area contributed by atoms with Crippen LogP contribution >= 0.6 is 0 Å². The summed E-state index contributed by atoms with van der Waals surface area (Å²) in [6.07, 6.45) is 21.1. The Hall–Kier alpha value is -0.420. The summed E-state index contributed by atoms with van der Waals surface area (Å²) >= 11 is 0. The predicted molar refractivity (Wildman–Crippen MR) is 358 cm³/mol. The summed E-state index contributed by atoms with van der Waals surface area (Å²) in [5, 5.41) is 0. The van der Waals surface area contributed by atoms with Crippen molar-refractivity contribution in [1.82, 2.24) is 0 Å². The van der Waals surface area contributed by atoms with Crippen LogP contribution in [0.2, 0.25) is 0 Å². The highest BCUT2D eigenvalue weighted by molar-refractivity contribution is 5.02. The van der Waals surface area contributed by atoms with Gasteiger partial charge in [-0.3, -0.25) is 0 Å². The van der Waals surface area contributed by atoms with Crippen LogP contribution in [0.4, 0.5) is 26.3 Å². The Morgan fingerprint density at radius 3 is 0.691 bits per heavy atom. The van der Waals surface area contributed by atoms with Gasteiger partial charge in [-0.15, -0.1) is 0 Å². The quantitative estimate of drug-likeness (QED) is 0.120. The molecule has 0 unspecified atom stereocenters. The highest BCUT2D eigenvalue weighted by Crippen LogP contribution is 2.54. The number of alkyl halides is 6. The molecule has 81 heavy (non-hydrogen) atoms. The lowest BCUT2D eigenvalue weighted by atomic mass is 9.57. The van der Waals surface area contributed by atoms with E-state index in [9.17, 15) is 17.6 Å². The minimum absolute atomic E-state index is 0.136. The van der Waals surface area contributed by atoms with Crippen molar-refractivity contribution >= 4 is 0 Å². The van der Waals surface area contributed by atoms with Gasteiger partial charge in [-0.25, -0.2) is 26.3 Å². The molecule has 0 nitrogen and oxygen atoms in total. The Kier molecular flexibility index (Phi) is 43.5. The molecule has 0 heterocycles. The SMILES string of the molecule is CC(C)(C)C.CC(C)C(C(C)C)C(C)(F)C(C(C)C)C(C)C.CC1(C)CCC(C)(F)CC1.CC1(F)CCCC1.CC1(F)CCCCC1.CCC(C)(C)C.CCC(C)(CC)C(C)(F)C(C)(CC)CC.CCC(CC)C(C)(F)C(CC)CC. The number of rotatable bonds is 18. The molecule has 0 N–H and O–H groups in total. The summed E-state index contributed by atoms with van der Waals surface area (Å²) < 4.78 is 83.7. The molecule has 0 aromatic heterocycles. The smallest absolute Gasteiger partial charge is 0.118 e. The molecule has 3 rings (SSSR count). The molecule has 0 amide bonds. The maximum atomic E-state index is 15.4. The second kappa shape index (κ2) is 39.5. The van der Waals surface area contributed by atoms with Crippen LogP contribution in [-0.2, 0) is 0 Å². The second-order valence-electron chi connectivity index (χ2n) is 33.0. The molecule has 3 aliphatic rings. The Morgan fingerprint density at radius 1 is 0.333 bits per heavy atom. The van der Waals surface area contributed by atoms with Gasteiger partial charge in [0.2, 0.25) is 0 Å². The van der Waals surface area contributed by atoms with Crippen LogP contribution in [0.1, 0.15) is 377 Å². The van der Waals surface area contributed by atoms with Crippen molar-refractivity contribution in [2.75, 3.05) is 0 Å². The number of halogens is 6. The van der Waals surface area contributed by atoms with Crippen molar-refractivity contribution in [2.45, 2.75) is 411 Å². The van der Waals surface area contributed by atoms with E-state index in [4.69, 9.17) is 0 Å². The normalized spacial score (nSPS) is 18.2. The molecule has 3 saturated carbocycles. The largest absolute Gasteiger partial charge is 0.244 e. The molecule has 496 valence electrons. The van der Waals surface area contributed by atoms with Crippen molar-refractivity contribution in [1.29, 1.82) is 0 Å². The molecule has 0 bridgehead atoms. The van der Waals surface area contributed by atoms with Gasteiger partial charge in [0, 0.05) is 10.8 Å². The summed E-state index contributed by atoms with van der Waals surface area (Å²) in [5.41, 5.74) is -4.59. The van der Waals surface area contributed by atoms with Crippen LogP contribution in [0, 0.1) is 74.4 Å². The third kappa shape index (κ3) is 37.1. The van der Waals surface area contributed by atoms with E-state index in [0.717, 1.165) is 128 Å². The first-order valence-electron chi connectivity index (χ1n) is 34.3. The van der Waals surface area contributed by atoms with E-state index in [1.807, 2.05) is 13.8 Å². The number of hydrogen-bond acceptors (Lipinski definition) is 0. The zero-order chi connectivity index (χ0) is 65.7. The average Bonchev–Trinajstić information content (AvgIpc) is 3.73. The van der Waals surface area contributed by atoms with Crippen molar-refractivity contribution in [2.24, 2.45) is 74.4 Å². The fourth-order valence-electron chi connectivity index (χ4n) is 13.3. The van der Waals surface area contributed by atoms with Crippen LogP contribution in [0.25, 0.3) is 0 Å². The summed E-state index contributed by atoms with van der Waals surface area (Å²) in [6.45, 7) is 70.9. The zero-order valence-electron chi connectivity index (χ0n) is 61.9. The second-order valence-corrected chi connectivity index (χ2v) is 33.0. The molecule has 0 aliphatic heterocycles. The zero-order valence-corrected chi connectivity index (χ0v) is 61.9. The van der Waals surface area contributed by atoms with Gasteiger partial charge in [-0.1, -0.05) is 258 Å². The molecular weight excluding hydrogens is 1010 g/mol. The molecule has 0 saturated heterocycles. The lowest BCUT2D eigenvalue weighted by Crippen LogP contribution is -2.51. The molecule has 0 aromatic carbocycles. The monoisotopic (exact) mass is 1170 g/mol. The van der Waals surface area contributed by atoms with Gasteiger partial charge in [-0.2, -0.15) is 0 Å². The molecule has 6 heteroatoms. The van der Waals surface area contributed by atoms with Gasteiger partial charge < -0.3 is 0 Å². The fraction of sp³-hybridized carbons (Fsp3) is 1.00. The van der Waals surface area contributed by atoms with Crippen molar-refractivity contribution in [3.8, 4) is 0 Å². The minimum atomic E-state index is -1.09. The highest BCUT2D eigenvalue weighted by Gasteiger charge is 2.53. The van der Waals surface area contributed by atoms with E-state index in [1.165, 1.54) is 12.8 Å². The van der Waals surface area contributed by atoms with Gasteiger partial charge in [0.1, 0.15) is 34.0 Å². The van der Waals surface area contributed by atoms with Crippen molar-refractivity contribution in [3.63, 3.8) is 0 Å². The maximum absolute atomic E-state index is 15.4. The number of hydrogen-bond donors (Lipinski definition) is 0. The van der Waals surface area contributed by atoms with Crippen molar-refractivity contribution < 1.29 is 26.3 Å². The van der Waals surface area contributed by atoms with Gasteiger partial charge in [0.15, 0.2) is 0 Å². The minimum Gasteiger partial charge on any atom is -0.244 e. The Bertz CT molecular complexity index is 1360. The molecular formula is C75H154F6. The Morgan fingerprint density at radius 2 is 0.543 bits per heavy atom. The molecule has 0 aromatic rings. The van der Waals surface area contributed by atoms with E-state index < -0.39 is 34.0 Å². The highest BCUT2D eigenvalue weighted by atomic mass is 19.2. The third-order valence-corrected chi connectivity index (χ3v) is 20.4. The van der Waals surface area contributed by atoms with E-state index >= 15 is 8.78 Å². The van der Waals surface area contributed by atoms with Gasteiger partial charge in [-0.05, 0) is 182 Å². The molecule has 3 fully saturated rings. The van der Waals surface area contributed by atoms with E-state index in [0.29, 0.717) is 39.9 Å². The predicted octanol–water partition coefficient (Wildman–Crippen LogP) is 28.3. The Balaban J connectivity index is -0.000000279. The third-order valence-electron chi connectivity index (χ3n) is 20.4. The lowest BCUT2D eigenvalue weighted by molar-refractivity contribution is -0.0946. The van der Waals surface area contributed by atoms with Gasteiger partial charge >= 0.3 is 0 Å². The van der Waals surface area contributed by atoms with Crippen LogP contribution in [-0.4, -0.2) is 34.0 Å². The van der Waals surface area contributed by atoms with E-state index in [2.05, 4.69) is 194 Å². The van der Waals surface area contributed by atoms with Gasteiger partial charge in [0.25, 0.3) is 0 Å². The average molecular weight is 1170 g/mol. The first-order chi connectivity index (χ1) is 36.2. The van der Waals surface area contributed by atoms with Crippen LogP contribution in [0.5, 0.6) is 0 Å². The summed E-state index contributed by atoms with van der Waals surface area (Å²) in [7, 11) is 0. The molecule has 0 atom stereocenters. The molecule has 3 aliphatic carbocycles. The summed E-state index contributed by atoms with van der Waals surface area (Å²) in [6, 6.07) is 0. The van der Waals surface area contributed by atoms with Crippen LogP contribution in [0.15, 0.2) is 0 Å². The van der Waals surface area contributed by atoms with E-state index in [-0.39, 0.29) is 34.5 Å². The Labute approximate surface area is 509 Å². The molecule has 0 radical (unpaired) electrons. The first-order valence-corrected chi connectivity index (χ1v) is 34.3. The first kappa shape index (κ1) is 89.3. The van der Waals surface area contributed by atoms with Crippen molar-refractivity contribution in [3.05, 3.63) is 0 Å². The summed E-state index contributed by atoms with van der Waals surface area (Å²) in [5.74, 6) is 2.31. The molecule has 0 spiro atoms. The van der Waals surface area contributed by atoms with Gasteiger partial charge in [0.05, 0.1) is 0 Å². The van der Waals surface area contributed by atoms with Crippen LogP contribution in [0.3, 0.4) is 0 Å². The lowest BCUT2D eigenvalue weighted by Gasteiger charge is -2.51.